The number of carbonyl (C=O) groups excluding carboxylic acids is 2. The third-order valence-electron chi connectivity index (χ3n) is 6.70. The van der Waals surface area contributed by atoms with Crippen molar-refractivity contribution in [3.63, 3.8) is 0 Å². The summed E-state index contributed by atoms with van der Waals surface area (Å²) in [4.78, 5) is 30.4. The fraction of sp³-hybridized carbons (Fsp3) is 0.345. The van der Waals surface area contributed by atoms with Crippen molar-refractivity contribution >= 4 is 42.3 Å². The minimum atomic E-state index is -0.727. The smallest absolute Gasteiger partial charge is 0.247 e. The van der Waals surface area contributed by atoms with Gasteiger partial charge >= 0.3 is 0 Å². The molecule has 0 aliphatic heterocycles. The highest BCUT2D eigenvalue weighted by molar-refractivity contribution is 5.97. The monoisotopic (exact) mass is 558 g/mol. The van der Waals surface area contributed by atoms with Crippen molar-refractivity contribution in [3.8, 4) is 5.75 Å². The van der Waals surface area contributed by atoms with Gasteiger partial charge in [-0.15, -0.1) is 24.8 Å². The first kappa shape index (κ1) is 31.1. The van der Waals surface area contributed by atoms with Gasteiger partial charge in [0.2, 0.25) is 11.8 Å². The molecule has 9 heteroatoms. The standard InChI is InChI=1S/C29H34N4O3.2ClH/c30-18-21-11-13-24(14-12-21)28(34)33-27(29(35)32-25-9-5-15-31-19-25)17-23-8-4-10-26(16-23)36-20-22-6-2-1-3-7-22;;/h1-10,15-16,19,21,24,27H,11-14,17-18,20,30H2,(H,32,35)(H,33,34);2*1H/t21?,24?,27-;;/m0../s1. The number of pyridine rings is 1. The van der Waals surface area contributed by atoms with E-state index in [-0.39, 0.29) is 42.5 Å². The van der Waals surface area contributed by atoms with Crippen LogP contribution >= 0.6 is 24.8 Å². The zero-order chi connectivity index (χ0) is 25.2. The first-order valence-corrected chi connectivity index (χ1v) is 12.6. The van der Waals surface area contributed by atoms with E-state index in [1.807, 2.05) is 54.6 Å². The number of anilines is 1. The van der Waals surface area contributed by atoms with Crippen LogP contribution in [0.4, 0.5) is 5.69 Å². The molecule has 3 aromatic rings. The second kappa shape index (κ2) is 16.0. The molecule has 1 aliphatic rings. The van der Waals surface area contributed by atoms with Gasteiger partial charge in [-0.3, -0.25) is 14.6 Å². The fourth-order valence-electron chi connectivity index (χ4n) is 4.56. The number of nitrogens with zero attached hydrogens (tertiary/aromatic N) is 1. The number of amides is 2. The highest BCUT2D eigenvalue weighted by Gasteiger charge is 2.29. The highest BCUT2D eigenvalue weighted by atomic mass is 35.5. The minimum absolute atomic E-state index is 0. The molecule has 0 radical (unpaired) electrons. The summed E-state index contributed by atoms with van der Waals surface area (Å²) in [6.45, 7) is 1.12. The summed E-state index contributed by atoms with van der Waals surface area (Å²) in [6, 6.07) is 20.4. The quantitative estimate of drug-likeness (QED) is 0.327. The van der Waals surface area contributed by atoms with E-state index in [1.54, 1.807) is 24.5 Å². The third-order valence-corrected chi connectivity index (χ3v) is 6.70. The zero-order valence-corrected chi connectivity index (χ0v) is 22.9. The van der Waals surface area contributed by atoms with E-state index in [0.717, 1.165) is 36.8 Å². The highest BCUT2D eigenvalue weighted by Crippen LogP contribution is 2.28. The molecule has 2 aromatic carbocycles. The Morgan fingerprint density at radius 1 is 0.947 bits per heavy atom. The molecule has 38 heavy (non-hydrogen) atoms. The van der Waals surface area contributed by atoms with Crippen molar-refractivity contribution in [2.45, 2.75) is 44.8 Å². The van der Waals surface area contributed by atoms with Gasteiger partial charge in [-0.05, 0) is 73.5 Å². The number of nitrogens with one attached hydrogen (secondary N) is 2. The maximum absolute atomic E-state index is 13.2. The molecule has 1 heterocycles. The molecule has 4 N–H and O–H groups in total. The maximum atomic E-state index is 13.2. The number of hydrogen-bond donors (Lipinski definition) is 3. The van der Waals surface area contributed by atoms with Crippen molar-refractivity contribution in [1.82, 2.24) is 10.3 Å². The molecule has 0 saturated heterocycles. The van der Waals surface area contributed by atoms with Gasteiger partial charge < -0.3 is 21.1 Å². The number of carbonyl (C=O) groups is 2. The van der Waals surface area contributed by atoms with Crippen LogP contribution in [0, 0.1) is 11.8 Å². The van der Waals surface area contributed by atoms with Crippen LogP contribution in [0.5, 0.6) is 5.75 Å². The van der Waals surface area contributed by atoms with Gasteiger partial charge in [-0.2, -0.15) is 0 Å². The molecular weight excluding hydrogens is 523 g/mol. The first-order valence-electron chi connectivity index (χ1n) is 12.6. The SMILES string of the molecule is Cl.Cl.NCC1CCC(C(=O)N[C@@H](Cc2cccc(OCc3ccccc3)c2)C(=O)Nc2cccnc2)CC1. The maximum Gasteiger partial charge on any atom is 0.247 e. The van der Waals surface area contributed by atoms with E-state index in [2.05, 4.69) is 15.6 Å². The number of benzene rings is 2. The Balaban J connectivity index is 0.00000253. The van der Waals surface area contributed by atoms with E-state index in [1.165, 1.54) is 0 Å². The normalized spacial score (nSPS) is 17.2. The van der Waals surface area contributed by atoms with Gasteiger partial charge in [0.05, 0.1) is 11.9 Å². The second-order valence-corrected chi connectivity index (χ2v) is 9.37. The molecule has 1 atom stereocenters. The lowest BCUT2D eigenvalue weighted by atomic mass is 9.81. The Hall–Kier alpha value is -3.13. The van der Waals surface area contributed by atoms with Crippen LogP contribution in [0.25, 0.3) is 0 Å². The van der Waals surface area contributed by atoms with Crippen LogP contribution in [0.1, 0.15) is 36.8 Å². The van der Waals surface area contributed by atoms with E-state index in [4.69, 9.17) is 10.5 Å². The van der Waals surface area contributed by atoms with E-state index in [9.17, 15) is 9.59 Å². The summed E-state index contributed by atoms with van der Waals surface area (Å²) >= 11 is 0. The topological polar surface area (TPSA) is 106 Å². The van der Waals surface area contributed by atoms with E-state index in [0.29, 0.717) is 36.9 Å². The van der Waals surface area contributed by atoms with Crippen molar-refractivity contribution in [2.24, 2.45) is 17.6 Å². The minimum Gasteiger partial charge on any atom is -0.489 e. The Kier molecular flexibility index (Phi) is 13.1. The van der Waals surface area contributed by atoms with Crippen molar-refractivity contribution < 1.29 is 14.3 Å². The van der Waals surface area contributed by atoms with Crippen LogP contribution < -0.4 is 21.1 Å². The number of nitrogens with two attached hydrogens (primary N) is 1. The average Bonchev–Trinajstić information content (AvgIpc) is 2.93. The lowest BCUT2D eigenvalue weighted by Gasteiger charge is -2.28. The molecular formula is C29H36Cl2N4O3. The molecule has 1 aliphatic carbocycles. The average molecular weight is 560 g/mol. The molecule has 1 saturated carbocycles. The summed E-state index contributed by atoms with van der Waals surface area (Å²) in [5, 5.41) is 5.91. The number of aromatic nitrogens is 1. The summed E-state index contributed by atoms with van der Waals surface area (Å²) < 4.78 is 5.96. The largest absolute Gasteiger partial charge is 0.489 e. The Morgan fingerprint density at radius 3 is 2.37 bits per heavy atom. The summed E-state index contributed by atoms with van der Waals surface area (Å²) in [5.41, 5.74) is 8.37. The number of rotatable bonds is 10. The van der Waals surface area contributed by atoms with Crippen LogP contribution in [0.15, 0.2) is 79.1 Å². The van der Waals surface area contributed by atoms with Crippen LogP contribution in [-0.2, 0) is 22.6 Å². The summed E-state index contributed by atoms with van der Waals surface area (Å²) in [7, 11) is 0. The third kappa shape index (κ3) is 9.31. The van der Waals surface area contributed by atoms with E-state index < -0.39 is 6.04 Å². The van der Waals surface area contributed by atoms with Crippen molar-refractivity contribution in [3.05, 3.63) is 90.3 Å². The first-order chi connectivity index (χ1) is 17.6. The summed E-state index contributed by atoms with van der Waals surface area (Å²) in [5.74, 6) is 0.754. The molecule has 7 nitrogen and oxygen atoms in total. The number of hydrogen-bond acceptors (Lipinski definition) is 5. The molecule has 0 unspecified atom stereocenters. The Morgan fingerprint density at radius 2 is 1.68 bits per heavy atom. The lowest BCUT2D eigenvalue weighted by Crippen LogP contribution is -2.48. The molecule has 204 valence electrons. The number of halogens is 2. The predicted octanol–water partition coefficient (Wildman–Crippen LogP) is 4.94. The molecule has 0 bridgehead atoms. The molecule has 1 fully saturated rings. The molecule has 4 rings (SSSR count). The Bertz CT molecular complexity index is 1130. The zero-order valence-electron chi connectivity index (χ0n) is 21.3. The van der Waals surface area contributed by atoms with Crippen molar-refractivity contribution in [1.29, 1.82) is 0 Å². The van der Waals surface area contributed by atoms with Gasteiger partial charge in [0.1, 0.15) is 18.4 Å². The van der Waals surface area contributed by atoms with Gasteiger partial charge in [0.25, 0.3) is 0 Å². The predicted molar refractivity (Wildman–Crippen MR) is 155 cm³/mol. The molecule has 2 amide bonds. The Labute approximate surface area is 236 Å². The van der Waals surface area contributed by atoms with Crippen LogP contribution in [-0.4, -0.2) is 29.4 Å². The van der Waals surface area contributed by atoms with Gasteiger partial charge in [-0.1, -0.05) is 42.5 Å². The summed E-state index contributed by atoms with van der Waals surface area (Å²) in [6.07, 6.45) is 7.07. The van der Waals surface area contributed by atoms with Crippen LogP contribution in [0.2, 0.25) is 0 Å². The molecule has 0 spiro atoms. The molecule has 1 aromatic heterocycles. The fourth-order valence-corrected chi connectivity index (χ4v) is 4.56. The van der Waals surface area contributed by atoms with Crippen molar-refractivity contribution in [2.75, 3.05) is 11.9 Å². The number of ether oxygens (including phenoxy) is 1. The second-order valence-electron chi connectivity index (χ2n) is 9.37. The van der Waals surface area contributed by atoms with E-state index >= 15 is 0 Å². The van der Waals surface area contributed by atoms with Crippen LogP contribution in [0.3, 0.4) is 0 Å². The van der Waals surface area contributed by atoms with Gasteiger partial charge in [0, 0.05) is 18.5 Å². The van der Waals surface area contributed by atoms with Gasteiger partial charge in [-0.25, -0.2) is 0 Å². The van der Waals surface area contributed by atoms with Gasteiger partial charge in [0.15, 0.2) is 0 Å². The lowest BCUT2D eigenvalue weighted by molar-refractivity contribution is -0.130.